The second kappa shape index (κ2) is 42.8. The SMILES string of the molecule is CC(C)(C)c1ccc(C(C)(C)C)c(O)c1O.CCC(C)(C)c1cc(O)c(O)c(C(C)(C)CC)c1.CCC(C)(C)c1cccc(O)c1O.CCCCCC(C)(C)c1cccc(O)c1O.Cc1ccc(C(C)(C)C)c(O)c1O.Cc1ccc(C)c(O)c1O.Cc1cccc(O)c1O.Oc1cc2ccccc2cc1O.Oc1ccccc1O. The topological polar surface area (TPSA) is 364 Å². The molecule has 0 aromatic heterocycles. The fourth-order valence-electron chi connectivity index (χ4n) is 11.4. The van der Waals surface area contributed by atoms with Crippen LogP contribution in [-0.4, -0.2) is 91.9 Å². The molecule has 10 rings (SSSR count). The smallest absolute Gasteiger partial charge is 0.161 e. The van der Waals surface area contributed by atoms with Gasteiger partial charge in [0.05, 0.1) is 0 Å². The van der Waals surface area contributed by atoms with Crippen molar-refractivity contribution in [3.63, 3.8) is 0 Å². The summed E-state index contributed by atoms with van der Waals surface area (Å²) in [4.78, 5) is 0. The molecule has 0 atom stereocenters. The van der Waals surface area contributed by atoms with Crippen LogP contribution in [-0.2, 0) is 37.9 Å². The molecule has 115 heavy (non-hydrogen) atoms. The van der Waals surface area contributed by atoms with E-state index in [9.17, 15) is 51.1 Å². The summed E-state index contributed by atoms with van der Waals surface area (Å²) in [7, 11) is 0. The van der Waals surface area contributed by atoms with Gasteiger partial charge in [0, 0.05) is 33.4 Å². The third-order valence-electron chi connectivity index (χ3n) is 20.6. The average molecular weight is 1590 g/mol. The van der Waals surface area contributed by atoms with Crippen molar-refractivity contribution < 1.29 is 91.9 Å². The maximum Gasteiger partial charge on any atom is 0.161 e. The third kappa shape index (κ3) is 29.3. The van der Waals surface area contributed by atoms with E-state index in [4.69, 9.17) is 40.9 Å². The lowest BCUT2D eigenvalue weighted by Gasteiger charge is -2.29. The first kappa shape index (κ1) is 99.9. The fraction of sp³-hybridized carbons (Fsp3) is 0.402. The Hall–Kier alpha value is -11.1. The van der Waals surface area contributed by atoms with E-state index in [0.29, 0.717) is 22.3 Å². The lowest BCUT2D eigenvalue weighted by atomic mass is 9.76. The molecule has 0 amide bonds. The van der Waals surface area contributed by atoms with Crippen molar-refractivity contribution in [2.24, 2.45) is 0 Å². The van der Waals surface area contributed by atoms with Gasteiger partial charge in [0.2, 0.25) is 0 Å². The van der Waals surface area contributed by atoms with Crippen LogP contribution in [0.4, 0.5) is 0 Å². The number of hydrogen-bond donors (Lipinski definition) is 18. The van der Waals surface area contributed by atoms with E-state index in [1.54, 1.807) is 94.4 Å². The molecular formula is C97H134O18. The summed E-state index contributed by atoms with van der Waals surface area (Å²) in [6.07, 6.45) is 7.41. The number of fused-ring (bicyclic) bond motifs is 1. The molecule has 0 aliphatic carbocycles. The van der Waals surface area contributed by atoms with Crippen LogP contribution in [0.2, 0.25) is 0 Å². The molecule has 18 nitrogen and oxygen atoms in total. The minimum absolute atomic E-state index is 0.00372. The predicted octanol–water partition coefficient (Wildman–Crippen LogP) is 24.1. The number of para-hydroxylation sites is 5. The van der Waals surface area contributed by atoms with Gasteiger partial charge in [-0.1, -0.05) is 280 Å². The van der Waals surface area contributed by atoms with E-state index in [0.717, 1.165) is 81.8 Å². The normalized spacial score (nSPS) is 11.3. The standard InChI is InChI=1S/C16H26O2.2C14H22O2.2C11H16O2.C10H8O2.C8H10O2.C7H8O2.C6H6O2/c1-7-15(3,4)11-9-12(16(5,6)8-2)14(18)13(17)10-11;1-13(2,3)9-7-8-10(14(4,5)6)12(16)11(9)15;1-4-5-6-10-14(2,3)11-8-7-9-12(15)13(11)16;1-7-5-6-8(11(2,3)4)10(13)9(7)12;1-4-11(2,3)8-6-5-7-9(12)10(8)13;11-9-5-7-3-1-2-4-8(7)6-10(9)12;1-5-3-4-6(2)8(10)7(5)9;1-5-3-2-4-6(8)7(5)9;7-5-3-1-2-4-6(5)8/h9-10,17-18H,7-8H2,1-6H3;7-8,15-16H,1-6H3;7-9,15-16H,4-6,10H2,1-3H3;5-6,12-13H,1-4H3;5-7,12-13H,4H2,1-3H3;1-6,11-12H;3-4,9-10H,1-2H3;2-4,8-9H,1H3;1-4,7-8H. The molecule has 10 aromatic rings. The van der Waals surface area contributed by atoms with Gasteiger partial charge in [0.25, 0.3) is 0 Å². The van der Waals surface area contributed by atoms with E-state index < -0.39 is 0 Å². The lowest BCUT2D eigenvalue weighted by Crippen LogP contribution is -2.20. The Morgan fingerprint density at radius 3 is 0.861 bits per heavy atom. The van der Waals surface area contributed by atoms with E-state index in [1.807, 2.05) is 143 Å². The molecule has 0 aliphatic heterocycles. The van der Waals surface area contributed by atoms with Crippen molar-refractivity contribution in [2.45, 2.75) is 256 Å². The number of rotatable bonds is 11. The summed E-state index contributed by atoms with van der Waals surface area (Å²) in [5.74, 6) is -0.406. The van der Waals surface area contributed by atoms with Gasteiger partial charge in [0.15, 0.2) is 103 Å². The Morgan fingerprint density at radius 2 is 0.513 bits per heavy atom. The molecule has 0 aliphatic rings. The summed E-state index contributed by atoms with van der Waals surface area (Å²) in [6, 6.07) is 46.7. The molecule has 0 saturated heterocycles. The highest BCUT2D eigenvalue weighted by Gasteiger charge is 2.30. The van der Waals surface area contributed by atoms with E-state index >= 15 is 0 Å². The number of aryl methyl sites for hydroxylation is 4. The number of aromatic hydroxyl groups is 18. The quantitative estimate of drug-likeness (QED) is 0.0422. The van der Waals surface area contributed by atoms with Crippen LogP contribution >= 0.6 is 0 Å². The van der Waals surface area contributed by atoms with Crippen LogP contribution in [0, 0.1) is 27.7 Å². The van der Waals surface area contributed by atoms with Crippen LogP contribution < -0.4 is 0 Å². The number of phenolic OH excluding ortho intramolecular Hbond substituents is 18. The fourth-order valence-corrected chi connectivity index (χ4v) is 11.4. The second-order valence-corrected chi connectivity index (χ2v) is 34.5. The highest BCUT2D eigenvalue weighted by Crippen LogP contribution is 2.47. The Balaban J connectivity index is 0.000000443. The zero-order valence-corrected chi connectivity index (χ0v) is 72.6. The highest BCUT2D eigenvalue weighted by atomic mass is 16.3. The van der Waals surface area contributed by atoms with Gasteiger partial charge in [0.1, 0.15) is 0 Å². The molecule has 0 bridgehead atoms. The zero-order valence-electron chi connectivity index (χ0n) is 72.6. The van der Waals surface area contributed by atoms with E-state index in [-0.39, 0.29) is 141 Å². The van der Waals surface area contributed by atoms with Gasteiger partial charge >= 0.3 is 0 Å². The van der Waals surface area contributed by atoms with Crippen molar-refractivity contribution >= 4 is 10.8 Å². The molecule has 0 heterocycles. The number of benzene rings is 10. The third-order valence-corrected chi connectivity index (χ3v) is 20.6. The van der Waals surface area contributed by atoms with Crippen LogP contribution in [0.5, 0.6) is 103 Å². The molecule has 630 valence electrons. The number of unbranched alkanes of at least 4 members (excludes halogenated alkanes) is 2. The first-order valence-corrected chi connectivity index (χ1v) is 38.9. The van der Waals surface area contributed by atoms with Crippen molar-refractivity contribution in [2.75, 3.05) is 0 Å². The largest absolute Gasteiger partial charge is 0.504 e. The summed E-state index contributed by atoms with van der Waals surface area (Å²) in [5, 5.41) is 171. The van der Waals surface area contributed by atoms with Crippen molar-refractivity contribution in [1.29, 1.82) is 0 Å². The summed E-state index contributed by atoms with van der Waals surface area (Å²) in [6.45, 7) is 50.3. The van der Waals surface area contributed by atoms with Crippen LogP contribution in [0.25, 0.3) is 10.8 Å². The Labute approximate surface area is 683 Å². The number of phenols is 18. The molecule has 10 aromatic carbocycles. The van der Waals surface area contributed by atoms with Crippen LogP contribution in [0.3, 0.4) is 0 Å². The van der Waals surface area contributed by atoms with Gasteiger partial charge in [-0.05, 0) is 178 Å². The van der Waals surface area contributed by atoms with Crippen molar-refractivity contribution in [3.8, 4) is 103 Å². The minimum atomic E-state index is -0.169. The minimum Gasteiger partial charge on any atom is -0.504 e. The van der Waals surface area contributed by atoms with E-state index in [2.05, 4.69) is 69.2 Å². The number of hydrogen-bond acceptors (Lipinski definition) is 18. The Morgan fingerprint density at radius 1 is 0.217 bits per heavy atom. The highest BCUT2D eigenvalue weighted by molar-refractivity contribution is 5.85. The van der Waals surface area contributed by atoms with Crippen molar-refractivity contribution in [3.05, 3.63) is 225 Å². The second-order valence-electron chi connectivity index (χ2n) is 34.5. The molecule has 0 radical (unpaired) electrons. The summed E-state index contributed by atoms with van der Waals surface area (Å²) >= 11 is 0. The van der Waals surface area contributed by atoms with Gasteiger partial charge in [-0.15, -0.1) is 0 Å². The molecule has 18 N–H and O–H groups in total. The lowest BCUT2D eigenvalue weighted by molar-refractivity contribution is 0.374. The van der Waals surface area contributed by atoms with Gasteiger partial charge in [-0.2, -0.15) is 0 Å². The zero-order chi connectivity index (χ0) is 88.4. The molecular weight excluding hydrogens is 1450 g/mol. The average Bonchev–Trinajstić information content (AvgIpc) is 0.796. The Kier molecular flexibility index (Phi) is 37.2. The van der Waals surface area contributed by atoms with Crippen molar-refractivity contribution in [1.82, 2.24) is 0 Å². The molecule has 0 fully saturated rings. The molecule has 18 heteroatoms. The first-order valence-electron chi connectivity index (χ1n) is 38.9. The van der Waals surface area contributed by atoms with Gasteiger partial charge in [-0.3, -0.25) is 0 Å². The molecule has 0 unspecified atom stereocenters. The van der Waals surface area contributed by atoms with Crippen LogP contribution in [0.15, 0.2) is 164 Å². The van der Waals surface area contributed by atoms with E-state index in [1.165, 1.54) is 43.2 Å². The molecule has 0 saturated carbocycles. The van der Waals surface area contributed by atoms with Crippen LogP contribution in [0.1, 0.15) is 252 Å². The van der Waals surface area contributed by atoms with Gasteiger partial charge in [-0.25, -0.2) is 0 Å². The summed E-state index contributed by atoms with van der Waals surface area (Å²) < 4.78 is 0. The first-order chi connectivity index (χ1) is 52.9. The maximum atomic E-state index is 10.1. The molecule has 0 spiro atoms. The van der Waals surface area contributed by atoms with Gasteiger partial charge < -0.3 is 91.9 Å². The predicted molar refractivity (Wildman–Crippen MR) is 468 cm³/mol. The maximum absolute atomic E-state index is 10.1. The monoisotopic (exact) mass is 1590 g/mol. The Bertz CT molecular complexity index is 4590. The summed E-state index contributed by atoms with van der Waals surface area (Å²) in [5.41, 5.74) is 7.87.